The van der Waals surface area contributed by atoms with Crippen molar-refractivity contribution >= 4 is 11.7 Å². The Morgan fingerprint density at radius 3 is 2.65 bits per heavy atom. The Morgan fingerprint density at radius 2 is 2.00 bits per heavy atom. The SMILES string of the molecule is CC(C)[C@@H]1CC[C@@H](C)C[C@@H]1OC(=O)c1ccccc1N. The van der Waals surface area contributed by atoms with Crippen LogP contribution in [0.25, 0.3) is 0 Å². The highest BCUT2D eigenvalue weighted by Gasteiger charge is 2.33. The van der Waals surface area contributed by atoms with Gasteiger partial charge in [-0.25, -0.2) is 4.79 Å². The predicted octanol–water partition coefficient (Wildman–Crippen LogP) is 3.89. The van der Waals surface area contributed by atoms with Crippen LogP contribution >= 0.6 is 0 Å². The van der Waals surface area contributed by atoms with Crippen LogP contribution in [0.3, 0.4) is 0 Å². The normalized spacial score (nSPS) is 26.5. The van der Waals surface area contributed by atoms with Gasteiger partial charge in [0.1, 0.15) is 6.10 Å². The summed E-state index contributed by atoms with van der Waals surface area (Å²) in [5.74, 6) is 1.33. The lowest BCUT2D eigenvalue weighted by Crippen LogP contribution is -2.36. The molecular weight excluding hydrogens is 250 g/mol. The molecule has 0 heterocycles. The van der Waals surface area contributed by atoms with E-state index < -0.39 is 0 Å². The van der Waals surface area contributed by atoms with Crippen LogP contribution in [-0.2, 0) is 4.74 Å². The van der Waals surface area contributed by atoms with E-state index in [1.54, 1.807) is 12.1 Å². The molecule has 1 fully saturated rings. The molecule has 1 saturated carbocycles. The lowest BCUT2D eigenvalue weighted by atomic mass is 9.75. The molecule has 110 valence electrons. The molecule has 1 aromatic carbocycles. The first-order valence-electron chi connectivity index (χ1n) is 7.54. The topological polar surface area (TPSA) is 52.3 Å². The number of carbonyl (C=O) groups is 1. The summed E-state index contributed by atoms with van der Waals surface area (Å²) in [6.45, 7) is 6.64. The maximum Gasteiger partial charge on any atom is 0.340 e. The van der Waals surface area contributed by atoms with Crippen LogP contribution in [0.1, 0.15) is 50.4 Å². The first kappa shape index (κ1) is 14.9. The Morgan fingerprint density at radius 1 is 1.30 bits per heavy atom. The van der Waals surface area contributed by atoms with E-state index in [2.05, 4.69) is 20.8 Å². The van der Waals surface area contributed by atoms with Gasteiger partial charge in [0.25, 0.3) is 0 Å². The summed E-state index contributed by atoms with van der Waals surface area (Å²) < 4.78 is 5.78. The zero-order valence-corrected chi connectivity index (χ0v) is 12.6. The number of anilines is 1. The molecule has 3 atom stereocenters. The largest absolute Gasteiger partial charge is 0.458 e. The molecule has 0 spiro atoms. The van der Waals surface area contributed by atoms with Gasteiger partial charge in [-0.15, -0.1) is 0 Å². The van der Waals surface area contributed by atoms with E-state index in [0.717, 1.165) is 12.8 Å². The van der Waals surface area contributed by atoms with Gasteiger partial charge < -0.3 is 10.5 Å². The Bertz CT molecular complexity index is 470. The molecule has 0 aromatic heterocycles. The standard InChI is InChI=1S/C17H25NO2/c1-11(2)13-9-8-12(3)10-16(13)20-17(19)14-6-4-5-7-15(14)18/h4-7,11-13,16H,8-10,18H2,1-3H3/t12-,13+,16+/m1/s1. The number of nitrogens with two attached hydrogens (primary N) is 1. The minimum Gasteiger partial charge on any atom is -0.458 e. The zero-order chi connectivity index (χ0) is 14.7. The van der Waals surface area contributed by atoms with Crippen molar-refractivity contribution in [3.8, 4) is 0 Å². The van der Waals surface area contributed by atoms with Gasteiger partial charge in [0.2, 0.25) is 0 Å². The van der Waals surface area contributed by atoms with Gasteiger partial charge >= 0.3 is 5.97 Å². The van der Waals surface area contributed by atoms with E-state index in [9.17, 15) is 4.79 Å². The number of ether oxygens (including phenoxy) is 1. The van der Waals surface area contributed by atoms with Gasteiger partial charge in [-0.3, -0.25) is 0 Å². The Kier molecular flexibility index (Phi) is 4.69. The van der Waals surface area contributed by atoms with Crippen LogP contribution in [0.15, 0.2) is 24.3 Å². The number of esters is 1. The third kappa shape index (κ3) is 3.33. The van der Waals surface area contributed by atoms with Gasteiger partial charge in [0, 0.05) is 5.69 Å². The van der Waals surface area contributed by atoms with E-state index in [0.29, 0.717) is 29.0 Å². The van der Waals surface area contributed by atoms with Crippen molar-refractivity contribution in [2.45, 2.75) is 46.1 Å². The van der Waals surface area contributed by atoms with E-state index in [1.807, 2.05) is 12.1 Å². The summed E-state index contributed by atoms with van der Waals surface area (Å²) in [6.07, 6.45) is 3.35. The fraction of sp³-hybridized carbons (Fsp3) is 0.588. The number of hydrogen-bond acceptors (Lipinski definition) is 3. The highest BCUT2D eigenvalue weighted by atomic mass is 16.5. The van der Waals surface area contributed by atoms with E-state index in [-0.39, 0.29) is 12.1 Å². The molecular formula is C17H25NO2. The fourth-order valence-corrected chi connectivity index (χ4v) is 3.13. The van der Waals surface area contributed by atoms with Crippen molar-refractivity contribution in [2.75, 3.05) is 5.73 Å². The minimum atomic E-state index is -0.284. The summed E-state index contributed by atoms with van der Waals surface area (Å²) in [5.41, 5.74) is 6.82. The van der Waals surface area contributed by atoms with Gasteiger partial charge in [-0.2, -0.15) is 0 Å². The maximum absolute atomic E-state index is 12.3. The molecule has 2 rings (SSSR count). The van der Waals surface area contributed by atoms with Crippen LogP contribution in [-0.4, -0.2) is 12.1 Å². The molecule has 0 bridgehead atoms. The van der Waals surface area contributed by atoms with E-state index >= 15 is 0 Å². The minimum absolute atomic E-state index is 0.0193. The second-order valence-electron chi connectivity index (χ2n) is 6.36. The van der Waals surface area contributed by atoms with E-state index in [1.165, 1.54) is 6.42 Å². The highest BCUT2D eigenvalue weighted by molar-refractivity contribution is 5.95. The summed E-state index contributed by atoms with van der Waals surface area (Å²) in [5, 5.41) is 0. The van der Waals surface area contributed by atoms with Crippen LogP contribution in [0.5, 0.6) is 0 Å². The molecule has 2 N–H and O–H groups in total. The number of carbonyl (C=O) groups excluding carboxylic acids is 1. The van der Waals surface area contributed by atoms with Crippen LogP contribution in [0.4, 0.5) is 5.69 Å². The lowest BCUT2D eigenvalue weighted by molar-refractivity contribution is -0.0173. The van der Waals surface area contributed by atoms with Gasteiger partial charge in [0.15, 0.2) is 0 Å². The molecule has 0 unspecified atom stereocenters. The number of hydrogen-bond donors (Lipinski definition) is 1. The molecule has 3 nitrogen and oxygen atoms in total. The summed E-state index contributed by atoms with van der Waals surface area (Å²) >= 11 is 0. The number of rotatable bonds is 3. The average Bonchev–Trinajstić information content (AvgIpc) is 2.38. The number of nitrogen functional groups attached to an aromatic ring is 1. The highest BCUT2D eigenvalue weighted by Crippen LogP contribution is 2.35. The Labute approximate surface area is 121 Å². The van der Waals surface area contributed by atoms with Gasteiger partial charge in [-0.1, -0.05) is 39.3 Å². The molecule has 20 heavy (non-hydrogen) atoms. The van der Waals surface area contributed by atoms with Crippen LogP contribution in [0, 0.1) is 17.8 Å². The molecule has 0 amide bonds. The zero-order valence-electron chi connectivity index (χ0n) is 12.6. The smallest absolute Gasteiger partial charge is 0.340 e. The molecule has 0 aliphatic heterocycles. The first-order chi connectivity index (χ1) is 9.49. The van der Waals surface area contributed by atoms with Crippen molar-refractivity contribution in [1.82, 2.24) is 0 Å². The predicted molar refractivity (Wildman–Crippen MR) is 81.4 cm³/mol. The summed E-state index contributed by atoms with van der Waals surface area (Å²) in [7, 11) is 0. The van der Waals surface area contributed by atoms with Crippen molar-refractivity contribution in [3.63, 3.8) is 0 Å². The molecule has 1 aromatic rings. The van der Waals surface area contributed by atoms with Crippen molar-refractivity contribution < 1.29 is 9.53 Å². The van der Waals surface area contributed by atoms with Crippen LogP contribution in [0.2, 0.25) is 0 Å². The summed E-state index contributed by atoms with van der Waals surface area (Å²) in [4.78, 5) is 12.3. The van der Waals surface area contributed by atoms with Crippen molar-refractivity contribution in [3.05, 3.63) is 29.8 Å². The third-order valence-electron chi connectivity index (χ3n) is 4.40. The summed E-state index contributed by atoms with van der Waals surface area (Å²) in [6, 6.07) is 7.11. The van der Waals surface area contributed by atoms with Crippen LogP contribution < -0.4 is 5.73 Å². The Hall–Kier alpha value is -1.51. The number of benzene rings is 1. The second-order valence-corrected chi connectivity index (χ2v) is 6.36. The molecule has 1 aliphatic carbocycles. The first-order valence-corrected chi connectivity index (χ1v) is 7.54. The second kappa shape index (κ2) is 6.29. The average molecular weight is 275 g/mol. The quantitative estimate of drug-likeness (QED) is 0.672. The van der Waals surface area contributed by atoms with Gasteiger partial charge in [0.05, 0.1) is 5.56 Å². The van der Waals surface area contributed by atoms with Crippen molar-refractivity contribution in [2.24, 2.45) is 17.8 Å². The maximum atomic E-state index is 12.3. The van der Waals surface area contributed by atoms with Gasteiger partial charge in [-0.05, 0) is 42.7 Å². The Balaban J connectivity index is 2.10. The van der Waals surface area contributed by atoms with E-state index in [4.69, 9.17) is 10.5 Å². The lowest BCUT2D eigenvalue weighted by Gasteiger charge is -2.36. The third-order valence-corrected chi connectivity index (χ3v) is 4.40. The molecule has 0 saturated heterocycles. The molecule has 3 heteroatoms. The molecule has 0 radical (unpaired) electrons. The van der Waals surface area contributed by atoms with Crippen molar-refractivity contribution in [1.29, 1.82) is 0 Å². The molecule has 1 aliphatic rings. The fourth-order valence-electron chi connectivity index (χ4n) is 3.13. The monoisotopic (exact) mass is 275 g/mol. The number of para-hydroxylation sites is 1.